The van der Waals surface area contributed by atoms with Crippen LogP contribution in [-0.2, 0) is 13.5 Å². The van der Waals surface area contributed by atoms with Crippen molar-refractivity contribution in [3.63, 3.8) is 0 Å². The summed E-state index contributed by atoms with van der Waals surface area (Å²) in [5, 5.41) is 10.3. The summed E-state index contributed by atoms with van der Waals surface area (Å²) in [5.74, 6) is 1.00. The van der Waals surface area contributed by atoms with Crippen LogP contribution in [0.3, 0.4) is 0 Å². The normalized spacial score (nSPS) is 12.7. The van der Waals surface area contributed by atoms with E-state index >= 15 is 0 Å². The molecule has 1 aromatic carbocycles. The van der Waals surface area contributed by atoms with Gasteiger partial charge >= 0.3 is 0 Å². The molecule has 102 valence electrons. The minimum absolute atomic E-state index is 0.442. The van der Waals surface area contributed by atoms with Crippen LogP contribution in [0, 0.1) is 13.8 Å². The van der Waals surface area contributed by atoms with Gasteiger partial charge in [0.25, 0.3) is 0 Å². The molecule has 1 aromatic heterocycles. The Labute approximate surface area is 122 Å². The molecular weight excluding hydrogens is 304 g/mol. The van der Waals surface area contributed by atoms with Crippen molar-refractivity contribution in [2.45, 2.75) is 32.8 Å². The minimum Gasteiger partial charge on any atom is -0.388 e. The second-order valence-electron chi connectivity index (χ2n) is 4.98. The van der Waals surface area contributed by atoms with E-state index in [2.05, 4.69) is 20.9 Å². The maximum atomic E-state index is 10.3. The van der Waals surface area contributed by atoms with E-state index in [0.717, 1.165) is 33.4 Å². The van der Waals surface area contributed by atoms with Gasteiger partial charge in [0, 0.05) is 30.3 Å². The van der Waals surface area contributed by atoms with Crippen LogP contribution in [0.5, 0.6) is 0 Å². The predicted octanol–water partition coefficient (Wildman–Crippen LogP) is 3.47. The number of aromatic nitrogens is 2. The largest absolute Gasteiger partial charge is 0.388 e. The van der Waals surface area contributed by atoms with Crippen LogP contribution in [0.15, 0.2) is 29.0 Å². The predicted molar refractivity (Wildman–Crippen MR) is 80.1 cm³/mol. The van der Waals surface area contributed by atoms with Crippen LogP contribution < -0.4 is 0 Å². The second-order valence-corrected chi connectivity index (χ2v) is 5.77. The van der Waals surface area contributed by atoms with Crippen molar-refractivity contribution in [3.8, 4) is 0 Å². The van der Waals surface area contributed by atoms with Crippen molar-refractivity contribution in [2.75, 3.05) is 0 Å². The van der Waals surface area contributed by atoms with Gasteiger partial charge in [0.1, 0.15) is 5.82 Å². The molecule has 0 aliphatic rings. The molecule has 1 N–H and O–H groups in total. The highest BCUT2D eigenvalue weighted by molar-refractivity contribution is 9.10. The molecule has 0 bridgehead atoms. The van der Waals surface area contributed by atoms with Gasteiger partial charge in [-0.1, -0.05) is 28.1 Å². The van der Waals surface area contributed by atoms with E-state index in [-0.39, 0.29) is 0 Å². The van der Waals surface area contributed by atoms with Crippen molar-refractivity contribution >= 4 is 15.9 Å². The van der Waals surface area contributed by atoms with E-state index in [9.17, 15) is 5.11 Å². The van der Waals surface area contributed by atoms with Crippen molar-refractivity contribution in [1.82, 2.24) is 9.55 Å². The topological polar surface area (TPSA) is 38.1 Å². The van der Waals surface area contributed by atoms with Gasteiger partial charge in [0.2, 0.25) is 0 Å². The third-order valence-electron chi connectivity index (χ3n) is 3.41. The van der Waals surface area contributed by atoms with Gasteiger partial charge in [-0.15, -0.1) is 0 Å². The molecule has 19 heavy (non-hydrogen) atoms. The van der Waals surface area contributed by atoms with E-state index in [1.807, 2.05) is 43.8 Å². The third kappa shape index (κ3) is 3.25. The Kier molecular flexibility index (Phi) is 4.42. The van der Waals surface area contributed by atoms with Crippen molar-refractivity contribution in [2.24, 2.45) is 7.05 Å². The fraction of sp³-hybridized carbons (Fsp3) is 0.400. The lowest BCUT2D eigenvalue weighted by Crippen LogP contribution is -2.04. The molecule has 0 saturated carbocycles. The first-order valence-corrected chi connectivity index (χ1v) is 7.19. The highest BCUT2D eigenvalue weighted by atomic mass is 79.9. The number of benzene rings is 1. The zero-order valence-corrected chi connectivity index (χ0v) is 13.1. The van der Waals surface area contributed by atoms with Crippen LogP contribution in [0.4, 0.5) is 0 Å². The van der Waals surface area contributed by atoms with Gasteiger partial charge in [-0.25, -0.2) is 4.98 Å². The molecule has 0 amide bonds. The number of hydrogen-bond acceptors (Lipinski definition) is 2. The highest BCUT2D eigenvalue weighted by Gasteiger charge is 2.12. The fourth-order valence-corrected chi connectivity index (χ4v) is 2.47. The molecule has 2 aromatic rings. The number of hydrogen-bond donors (Lipinski definition) is 1. The number of halogens is 1. The lowest BCUT2D eigenvalue weighted by molar-refractivity contribution is 0.166. The van der Waals surface area contributed by atoms with Crippen LogP contribution in [0.25, 0.3) is 0 Å². The van der Waals surface area contributed by atoms with Crippen LogP contribution in [0.1, 0.15) is 35.0 Å². The second kappa shape index (κ2) is 5.88. The zero-order valence-electron chi connectivity index (χ0n) is 11.5. The number of aliphatic hydroxyl groups excluding tert-OH is 1. The van der Waals surface area contributed by atoms with E-state index in [1.165, 1.54) is 0 Å². The molecule has 0 spiro atoms. The summed E-state index contributed by atoms with van der Waals surface area (Å²) in [6.07, 6.45) is 4.73. The maximum Gasteiger partial charge on any atom is 0.108 e. The first-order chi connectivity index (χ1) is 8.99. The van der Waals surface area contributed by atoms with Crippen LogP contribution in [0.2, 0.25) is 0 Å². The SMILES string of the molecule is Cc1cc(C(O)CCc2nccn2C)cc(C)c1Br. The lowest BCUT2D eigenvalue weighted by Gasteiger charge is -2.14. The molecular formula is C15H19BrN2O. The molecule has 1 heterocycles. The molecule has 0 saturated heterocycles. The number of aryl methyl sites for hydroxylation is 4. The van der Waals surface area contributed by atoms with Gasteiger partial charge in [-0.2, -0.15) is 0 Å². The minimum atomic E-state index is -0.442. The molecule has 2 rings (SSSR count). The highest BCUT2D eigenvalue weighted by Crippen LogP contribution is 2.27. The Morgan fingerprint density at radius 2 is 1.95 bits per heavy atom. The standard InChI is InChI=1S/C15H19BrN2O/c1-10-8-12(9-11(2)15(10)16)13(19)4-5-14-17-6-7-18(14)3/h6-9,13,19H,4-5H2,1-3H3. The van der Waals surface area contributed by atoms with Gasteiger partial charge in [-0.05, 0) is 37.0 Å². The first kappa shape index (κ1) is 14.3. The molecule has 1 unspecified atom stereocenters. The number of rotatable bonds is 4. The number of imidazole rings is 1. The average molecular weight is 323 g/mol. The van der Waals surface area contributed by atoms with E-state index in [1.54, 1.807) is 6.20 Å². The Hall–Kier alpha value is -1.13. The summed E-state index contributed by atoms with van der Waals surface area (Å²) in [6.45, 7) is 4.10. The molecule has 4 heteroatoms. The van der Waals surface area contributed by atoms with Gasteiger partial charge in [-0.3, -0.25) is 0 Å². The summed E-state index contributed by atoms with van der Waals surface area (Å²) >= 11 is 3.55. The summed E-state index contributed by atoms with van der Waals surface area (Å²) in [4.78, 5) is 4.27. The van der Waals surface area contributed by atoms with E-state index in [0.29, 0.717) is 6.42 Å². The fourth-order valence-electron chi connectivity index (χ4n) is 2.24. The third-order valence-corrected chi connectivity index (χ3v) is 4.66. The molecule has 0 fully saturated rings. The van der Waals surface area contributed by atoms with Crippen molar-refractivity contribution < 1.29 is 5.11 Å². The average Bonchev–Trinajstić information content (AvgIpc) is 2.78. The summed E-state index contributed by atoms with van der Waals surface area (Å²) < 4.78 is 3.11. The van der Waals surface area contributed by atoms with Gasteiger partial charge < -0.3 is 9.67 Å². The maximum absolute atomic E-state index is 10.3. The van der Waals surface area contributed by atoms with Gasteiger partial charge in [0.15, 0.2) is 0 Å². The monoisotopic (exact) mass is 322 g/mol. The molecule has 0 aliphatic heterocycles. The Bertz CT molecular complexity index is 554. The van der Waals surface area contributed by atoms with Crippen molar-refractivity contribution in [1.29, 1.82) is 0 Å². The number of nitrogens with zero attached hydrogens (tertiary/aromatic N) is 2. The summed E-state index contributed by atoms with van der Waals surface area (Å²) in [7, 11) is 1.97. The Morgan fingerprint density at radius 3 is 2.47 bits per heavy atom. The molecule has 3 nitrogen and oxygen atoms in total. The van der Waals surface area contributed by atoms with Crippen molar-refractivity contribution in [3.05, 3.63) is 51.5 Å². The first-order valence-electron chi connectivity index (χ1n) is 6.40. The lowest BCUT2D eigenvalue weighted by atomic mass is 10.00. The van der Waals surface area contributed by atoms with E-state index < -0.39 is 6.10 Å². The zero-order chi connectivity index (χ0) is 14.0. The van der Waals surface area contributed by atoms with Crippen LogP contribution in [-0.4, -0.2) is 14.7 Å². The Balaban J connectivity index is 2.08. The molecule has 1 atom stereocenters. The Morgan fingerprint density at radius 1 is 1.32 bits per heavy atom. The molecule has 0 radical (unpaired) electrons. The summed E-state index contributed by atoms with van der Waals surface area (Å²) in [6, 6.07) is 4.08. The number of aliphatic hydroxyl groups is 1. The molecule has 0 aliphatic carbocycles. The summed E-state index contributed by atoms with van der Waals surface area (Å²) in [5.41, 5.74) is 3.30. The van der Waals surface area contributed by atoms with Crippen LogP contribution >= 0.6 is 15.9 Å². The smallest absolute Gasteiger partial charge is 0.108 e. The van der Waals surface area contributed by atoms with Gasteiger partial charge in [0.05, 0.1) is 6.10 Å². The quantitative estimate of drug-likeness (QED) is 0.936. The van der Waals surface area contributed by atoms with E-state index in [4.69, 9.17) is 0 Å².